The largest absolute Gasteiger partial charge is 2.00 e. The molecule has 0 radical (unpaired) electrons. The van der Waals surface area contributed by atoms with Gasteiger partial charge in [-0.1, -0.05) is 22.4 Å². The van der Waals surface area contributed by atoms with E-state index in [1.807, 2.05) is 18.2 Å². The molecule has 1 nitrogen and oxygen atoms in total. The summed E-state index contributed by atoms with van der Waals surface area (Å²) in [4.78, 5) is 10.5. The summed E-state index contributed by atoms with van der Waals surface area (Å²) in [6.45, 7) is 1.55. The Morgan fingerprint density at radius 2 is 1.87 bits per heavy atom. The third-order valence-corrected chi connectivity index (χ3v) is 2.27. The van der Waals surface area contributed by atoms with E-state index in [1.165, 1.54) is 0 Å². The van der Waals surface area contributed by atoms with Crippen molar-refractivity contribution in [2.75, 3.05) is 0 Å². The summed E-state index contributed by atoms with van der Waals surface area (Å²) in [6.07, 6.45) is 15.5. The van der Waals surface area contributed by atoms with Crippen LogP contribution < -0.4 is 0 Å². The molecule has 0 aromatic carbocycles. The van der Waals surface area contributed by atoms with E-state index in [0.717, 1.165) is 22.9 Å². The average molecular weight is 307 g/mol. The molecule has 0 spiro atoms. The van der Waals surface area contributed by atoms with Crippen molar-refractivity contribution in [2.24, 2.45) is 0 Å². The summed E-state index contributed by atoms with van der Waals surface area (Å²) in [7, 11) is 0. The summed E-state index contributed by atoms with van der Waals surface area (Å²) >= 11 is 3.26. The Morgan fingerprint density at radius 3 is 2.07 bits per heavy atom. The molecule has 15 heavy (non-hydrogen) atoms. The van der Waals surface area contributed by atoms with Gasteiger partial charge in [-0.2, -0.15) is 28.3 Å². The van der Waals surface area contributed by atoms with E-state index in [-0.39, 0.29) is 22.9 Å². The van der Waals surface area contributed by atoms with Crippen molar-refractivity contribution in [2.45, 2.75) is 19.8 Å². The van der Waals surface area contributed by atoms with Crippen molar-refractivity contribution in [1.29, 1.82) is 0 Å². The molecule has 0 aromatic rings. The molecular weight excluding hydrogens is 296 g/mol. The third kappa shape index (κ3) is 5.93. The second-order valence-corrected chi connectivity index (χ2v) is 3.74. The molecule has 0 amide bonds. The molecule has 80 valence electrons. The molecule has 0 atom stereocenters. The van der Waals surface area contributed by atoms with Gasteiger partial charge in [-0.3, -0.25) is 6.08 Å². The molecule has 0 aliphatic heterocycles. The fourth-order valence-electron chi connectivity index (χ4n) is 1.02. The molecule has 0 fully saturated rings. The van der Waals surface area contributed by atoms with Crippen LogP contribution in [0.2, 0.25) is 0 Å². The van der Waals surface area contributed by atoms with Gasteiger partial charge in [-0.15, -0.1) is 12.5 Å². The second-order valence-electron chi connectivity index (χ2n) is 2.88. The molecule has 2 rings (SSSR count). The minimum atomic E-state index is 0. The van der Waals surface area contributed by atoms with Crippen LogP contribution in [0.5, 0.6) is 0 Å². The molecule has 2 aliphatic carbocycles. The smallest absolute Gasteiger partial charge is 0.371 e. The zero-order valence-corrected chi connectivity index (χ0v) is 11.1. The molecule has 3 heteroatoms. The number of hydrogen-bond acceptors (Lipinski definition) is 1. The maximum absolute atomic E-state index is 10.5. The van der Waals surface area contributed by atoms with Crippen LogP contribution >= 0.6 is 15.9 Å². The Kier molecular flexibility index (Phi) is 7.67. The quantitative estimate of drug-likeness (QED) is 0.537. The van der Waals surface area contributed by atoms with Gasteiger partial charge >= 0.3 is 17.1 Å². The fraction of sp³-hybridized carbons (Fsp3) is 0.250. The van der Waals surface area contributed by atoms with Gasteiger partial charge in [0.25, 0.3) is 0 Å². The van der Waals surface area contributed by atoms with Crippen molar-refractivity contribution in [1.82, 2.24) is 0 Å². The minimum absolute atomic E-state index is 0. The van der Waals surface area contributed by atoms with Gasteiger partial charge in [0.05, 0.1) is 0 Å². The Bertz CT molecular complexity index is 335. The van der Waals surface area contributed by atoms with Crippen molar-refractivity contribution in [3.05, 3.63) is 46.5 Å². The van der Waals surface area contributed by atoms with Gasteiger partial charge < -0.3 is 4.79 Å². The van der Waals surface area contributed by atoms with Gasteiger partial charge in [0.15, 0.2) is 0 Å². The van der Waals surface area contributed by atoms with Crippen molar-refractivity contribution in [3.63, 3.8) is 0 Å². The molecule has 0 N–H and O–H groups in total. The van der Waals surface area contributed by atoms with Gasteiger partial charge in [-0.25, -0.2) is 6.08 Å². The zero-order valence-electron chi connectivity index (χ0n) is 8.36. The standard InChI is InChI=1S/C7H7O.C5H4Br.Fe/c1-6(8)7-4-2-3-5-7;6-5-3-1-2-4-5;/h2,4H,3H2,1H3;1,3H,2H2;/q2*-1;+2. The van der Waals surface area contributed by atoms with Crippen LogP contribution in [-0.2, 0) is 21.9 Å². The average Bonchev–Trinajstić information content (AvgIpc) is 2.75. The second kappa shape index (κ2) is 7.86. The van der Waals surface area contributed by atoms with Crippen LogP contribution in [0.25, 0.3) is 0 Å². The summed E-state index contributed by atoms with van der Waals surface area (Å²) < 4.78 is 1.09. The Labute approximate surface area is 110 Å². The maximum atomic E-state index is 10.5. The Balaban J connectivity index is 0.000000253. The predicted octanol–water partition coefficient (Wildman–Crippen LogP) is 3.29. The van der Waals surface area contributed by atoms with E-state index in [0.29, 0.717) is 0 Å². The first-order valence-electron chi connectivity index (χ1n) is 4.41. The summed E-state index contributed by atoms with van der Waals surface area (Å²) in [6, 6.07) is 0. The first kappa shape index (κ1) is 14.6. The number of hydrogen-bond donors (Lipinski definition) is 0. The molecule has 0 saturated heterocycles. The first-order chi connectivity index (χ1) is 6.70. The van der Waals surface area contributed by atoms with Crippen LogP contribution in [0.1, 0.15) is 19.8 Å². The van der Waals surface area contributed by atoms with E-state index in [9.17, 15) is 4.79 Å². The van der Waals surface area contributed by atoms with Gasteiger partial charge in [-0.05, 0) is 6.92 Å². The predicted molar refractivity (Wildman–Crippen MR) is 60.6 cm³/mol. The van der Waals surface area contributed by atoms with Crippen LogP contribution in [-0.4, -0.2) is 5.78 Å². The van der Waals surface area contributed by atoms with E-state index >= 15 is 0 Å². The molecule has 0 saturated carbocycles. The number of carbonyl (C=O) groups is 1. The third-order valence-electron chi connectivity index (χ3n) is 1.73. The van der Waals surface area contributed by atoms with E-state index < -0.39 is 0 Å². The Morgan fingerprint density at radius 1 is 1.27 bits per heavy atom. The van der Waals surface area contributed by atoms with E-state index in [4.69, 9.17) is 0 Å². The number of allylic oxidation sites excluding steroid dienone is 8. The van der Waals surface area contributed by atoms with Crippen LogP contribution in [0.15, 0.2) is 34.4 Å². The molecule has 0 bridgehead atoms. The molecule has 0 aromatic heterocycles. The molecule has 2 aliphatic rings. The first-order valence-corrected chi connectivity index (χ1v) is 5.20. The maximum Gasteiger partial charge on any atom is 2.00 e. The van der Waals surface area contributed by atoms with Crippen molar-refractivity contribution >= 4 is 21.7 Å². The number of rotatable bonds is 1. The van der Waals surface area contributed by atoms with Gasteiger partial charge in [0, 0.05) is 5.78 Å². The monoisotopic (exact) mass is 306 g/mol. The minimum Gasteiger partial charge on any atom is -0.371 e. The molecule has 0 heterocycles. The van der Waals surface area contributed by atoms with Gasteiger partial charge in [0.2, 0.25) is 0 Å². The summed E-state index contributed by atoms with van der Waals surface area (Å²) in [5, 5.41) is 0. The van der Waals surface area contributed by atoms with Crippen LogP contribution in [0.3, 0.4) is 0 Å². The van der Waals surface area contributed by atoms with Crippen LogP contribution in [0, 0.1) is 12.2 Å². The summed E-state index contributed by atoms with van der Waals surface area (Å²) in [5.74, 6) is 0.110. The number of ketones is 1. The van der Waals surface area contributed by atoms with Crippen molar-refractivity contribution in [3.8, 4) is 0 Å². The topological polar surface area (TPSA) is 17.1 Å². The number of halogens is 1. The number of Topliss-reactive ketones (excluding diaryl/α,β-unsaturated/α-hetero) is 1. The zero-order chi connectivity index (χ0) is 10.4. The molecule has 0 unspecified atom stereocenters. The number of carbonyl (C=O) groups excluding carboxylic acids is 1. The fourth-order valence-corrected chi connectivity index (χ4v) is 1.37. The summed E-state index contributed by atoms with van der Waals surface area (Å²) in [5.41, 5.74) is 0.727. The van der Waals surface area contributed by atoms with Crippen molar-refractivity contribution < 1.29 is 21.9 Å². The van der Waals surface area contributed by atoms with Crippen LogP contribution in [0.4, 0.5) is 0 Å². The van der Waals surface area contributed by atoms with Gasteiger partial charge in [0.1, 0.15) is 0 Å². The SMILES string of the molecule is BrC1=[C-]CC=C1.CC(=O)C1=[C-]CC=C1.[Fe+2]. The van der Waals surface area contributed by atoms with E-state index in [2.05, 4.69) is 34.2 Å². The Hall–Kier alpha value is -0.371. The normalized spacial score (nSPS) is 16.1. The van der Waals surface area contributed by atoms with E-state index in [1.54, 1.807) is 6.92 Å². The molecular formula is C12H11BrFeO.